The van der Waals surface area contributed by atoms with E-state index >= 15 is 0 Å². The van der Waals surface area contributed by atoms with Crippen LogP contribution in [-0.4, -0.2) is 72.0 Å². The predicted octanol–water partition coefficient (Wildman–Crippen LogP) is 2.94. The van der Waals surface area contributed by atoms with Crippen molar-refractivity contribution in [3.63, 3.8) is 0 Å². The van der Waals surface area contributed by atoms with Crippen molar-refractivity contribution in [2.45, 2.75) is 44.9 Å². The molecule has 2 aromatic rings. The van der Waals surface area contributed by atoms with Crippen LogP contribution in [0.4, 0.5) is 0 Å². The Labute approximate surface area is 231 Å². The first-order valence-corrected chi connectivity index (χ1v) is 13.5. The van der Waals surface area contributed by atoms with E-state index in [1.54, 1.807) is 24.2 Å². The summed E-state index contributed by atoms with van der Waals surface area (Å²) in [5.41, 5.74) is 1.40. The fourth-order valence-electron chi connectivity index (χ4n) is 4.32. The zero-order chi connectivity index (χ0) is 26.9. The fourth-order valence-corrected chi connectivity index (χ4v) is 4.83. The Balaban J connectivity index is 1.92. The molecule has 0 saturated carbocycles. The van der Waals surface area contributed by atoms with Gasteiger partial charge in [-0.1, -0.05) is 38.1 Å². The third kappa shape index (κ3) is 7.68. The summed E-state index contributed by atoms with van der Waals surface area (Å²) in [5.74, 6) is 0.541. The number of para-hydroxylation sites is 1. The average molecular weight is 623 g/mol. The lowest BCUT2D eigenvalue weighted by Gasteiger charge is -2.41. The van der Waals surface area contributed by atoms with Gasteiger partial charge in [0.05, 0.1) is 23.3 Å². The topological polar surface area (TPSA) is 108 Å². The van der Waals surface area contributed by atoms with Gasteiger partial charge in [-0.2, -0.15) is 0 Å². The molecule has 0 spiro atoms. The molecule has 0 heterocycles. The first-order chi connectivity index (χ1) is 17.7. The van der Waals surface area contributed by atoms with E-state index in [1.165, 1.54) is 0 Å². The summed E-state index contributed by atoms with van der Waals surface area (Å²) in [6.07, 6.45) is 0.441. The standard InChI is InChI=1S/C28H35IN2O6/c1-18(2)28(35)31(13-11-19-7-6-8-21(15-19)36-3)23-16-20(27(34)30-12-14-32)17-25(26(23)33)37-24-10-5-4-9-22(24)29/h4-10,15,17-18,23,25-26,32-33H,11-14,16H2,1-3H3,(H,30,34). The molecule has 200 valence electrons. The normalized spacial score (nSPS) is 19.2. The summed E-state index contributed by atoms with van der Waals surface area (Å²) in [5, 5.41) is 23.3. The maximum absolute atomic E-state index is 13.4. The van der Waals surface area contributed by atoms with Crippen molar-refractivity contribution in [2.75, 3.05) is 26.8 Å². The molecule has 1 aliphatic rings. The van der Waals surface area contributed by atoms with Gasteiger partial charge < -0.3 is 29.9 Å². The summed E-state index contributed by atoms with van der Waals surface area (Å²) >= 11 is 2.15. The maximum atomic E-state index is 13.4. The van der Waals surface area contributed by atoms with Crippen molar-refractivity contribution in [2.24, 2.45) is 5.92 Å². The van der Waals surface area contributed by atoms with Crippen LogP contribution >= 0.6 is 22.6 Å². The van der Waals surface area contributed by atoms with Crippen molar-refractivity contribution in [1.29, 1.82) is 0 Å². The van der Waals surface area contributed by atoms with Crippen molar-refractivity contribution < 1.29 is 29.3 Å². The lowest BCUT2D eigenvalue weighted by molar-refractivity contribution is -0.141. The van der Waals surface area contributed by atoms with Crippen molar-refractivity contribution in [1.82, 2.24) is 10.2 Å². The summed E-state index contributed by atoms with van der Waals surface area (Å²) in [6, 6.07) is 14.4. The van der Waals surface area contributed by atoms with Crippen molar-refractivity contribution >= 4 is 34.4 Å². The van der Waals surface area contributed by atoms with Crippen LogP contribution in [0.2, 0.25) is 0 Å². The number of amides is 2. The minimum absolute atomic E-state index is 0.107. The third-order valence-corrected chi connectivity index (χ3v) is 7.16. The molecule has 9 heteroatoms. The van der Waals surface area contributed by atoms with Gasteiger partial charge in [0, 0.05) is 31.0 Å². The Kier molecular flexibility index (Phi) is 10.8. The molecule has 1 aliphatic carbocycles. The van der Waals surface area contributed by atoms with Crippen LogP contribution in [0.15, 0.2) is 60.2 Å². The molecular formula is C28H35IN2O6. The highest BCUT2D eigenvalue weighted by Gasteiger charge is 2.40. The summed E-state index contributed by atoms with van der Waals surface area (Å²) in [7, 11) is 1.61. The van der Waals surface area contributed by atoms with E-state index < -0.39 is 18.2 Å². The fraction of sp³-hybridized carbons (Fsp3) is 0.429. The number of carbonyl (C=O) groups excluding carboxylic acids is 2. The second kappa shape index (κ2) is 13.8. The third-order valence-electron chi connectivity index (χ3n) is 6.27. The lowest BCUT2D eigenvalue weighted by atomic mass is 9.87. The van der Waals surface area contributed by atoms with Gasteiger partial charge >= 0.3 is 0 Å². The molecule has 0 bridgehead atoms. The zero-order valence-electron chi connectivity index (χ0n) is 21.4. The van der Waals surface area contributed by atoms with Crippen molar-refractivity contribution in [3.05, 3.63) is 69.3 Å². The zero-order valence-corrected chi connectivity index (χ0v) is 23.6. The van der Waals surface area contributed by atoms with Crippen molar-refractivity contribution in [3.8, 4) is 11.5 Å². The molecule has 3 rings (SSSR count). The van der Waals surface area contributed by atoms with E-state index in [1.807, 2.05) is 56.3 Å². The van der Waals surface area contributed by atoms with Crippen LogP contribution in [0.25, 0.3) is 0 Å². The monoisotopic (exact) mass is 622 g/mol. The van der Waals surface area contributed by atoms with Gasteiger partial charge in [-0.3, -0.25) is 9.59 Å². The molecule has 3 atom stereocenters. The van der Waals surface area contributed by atoms with Crippen LogP contribution in [0.1, 0.15) is 25.8 Å². The van der Waals surface area contributed by atoms with E-state index in [0.717, 1.165) is 14.9 Å². The first kappa shape index (κ1) is 28.9. The molecule has 0 aromatic heterocycles. The van der Waals surface area contributed by atoms with Gasteiger partial charge in [0.2, 0.25) is 11.8 Å². The lowest BCUT2D eigenvalue weighted by Crippen LogP contribution is -2.56. The number of methoxy groups -OCH3 is 1. The Morgan fingerprint density at radius 3 is 2.62 bits per heavy atom. The highest BCUT2D eigenvalue weighted by molar-refractivity contribution is 14.1. The molecule has 2 aromatic carbocycles. The van der Waals surface area contributed by atoms with E-state index in [9.17, 15) is 14.7 Å². The Hall–Kier alpha value is -2.63. The number of nitrogens with zero attached hydrogens (tertiary/aromatic N) is 1. The van der Waals surface area contributed by atoms with E-state index in [-0.39, 0.29) is 37.3 Å². The minimum Gasteiger partial charge on any atom is -0.497 e. The number of hydrogen-bond acceptors (Lipinski definition) is 6. The molecule has 0 saturated heterocycles. The van der Waals surface area contributed by atoms with Gasteiger partial charge in [-0.05, 0) is 64.9 Å². The van der Waals surface area contributed by atoms with Gasteiger partial charge in [0.1, 0.15) is 23.7 Å². The van der Waals surface area contributed by atoms with Crippen LogP contribution in [0, 0.1) is 9.49 Å². The van der Waals surface area contributed by atoms with Gasteiger partial charge in [-0.15, -0.1) is 0 Å². The number of carbonyl (C=O) groups is 2. The molecule has 0 fully saturated rings. The second-order valence-corrected chi connectivity index (χ2v) is 10.4. The van der Waals surface area contributed by atoms with Gasteiger partial charge in [0.25, 0.3) is 0 Å². The summed E-state index contributed by atoms with van der Waals surface area (Å²) in [4.78, 5) is 28.0. The largest absolute Gasteiger partial charge is 0.497 e. The molecule has 37 heavy (non-hydrogen) atoms. The van der Waals surface area contributed by atoms with Gasteiger partial charge in [0.15, 0.2) is 0 Å². The number of ether oxygens (including phenoxy) is 2. The number of hydrogen-bond donors (Lipinski definition) is 3. The number of nitrogens with one attached hydrogen (secondary N) is 1. The molecule has 3 unspecified atom stereocenters. The second-order valence-electron chi connectivity index (χ2n) is 9.23. The number of rotatable bonds is 11. The van der Waals surface area contributed by atoms with Gasteiger partial charge in [-0.25, -0.2) is 0 Å². The molecule has 8 nitrogen and oxygen atoms in total. The maximum Gasteiger partial charge on any atom is 0.247 e. The number of aliphatic hydroxyl groups excluding tert-OH is 2. The van der Waals surface area contributed by atoms with E-state index in [2.05, 4.69) is 27.9 Å². The number of halogens is 1. The molecule has 3 N–H and O–H groups in total. The Morgan fingerprint density at radius 2 is 1.95 bits per heavy atom. The first-order valence-electron chi connectivity index (χ1n) is 12.4. The van der Waals surface area contributed by atoms with E-state index in [0.29, 0.717) is 24.3 Å². The minimum atomic E-state index is -1.06. The van der Waals surface area contributed by atoms with Crippen LogP contribution in [-0.2, 0) is 16.0 Å². The highest BCUT2D eigenvalue weighted by Crippen LogP contribution is 2.30. The predicted molar refractivity (Wildman–Crippen MR) is 149 cm³/mol. The average Bonchev–Trinajstić information content (AvgIpc) is 2.90. The summed E-state index contributed by atoms with van der Waals surface area (Å²) in [6.45, 7) is 3.91. The van der Waals surface area contributed by atoms with Crippen LogP contribution in [0.3, 0.4) is 0 Å². The molecule has 2 amide bonds. The van der Waals surface area contributed by atoms with Crippen LogP contribution in [0.5, 0.6) is 11.5 Å². The number of benzene rings is 2. The smallest absolute Gasteiger partial charge is 0.247 e. The Bertz CT molecular complexity index is 1110. The SMILES string of the molecule is COc1cccc(CCN(C(=O)C(C)C)C2CC(C(=O)NCCO)=CC(Oc3ccccc3I)C2O)c1. The summed E-state index contributed by atoms with van der Waals surface area (Å²) < 4.78 is 12.4. The molecular weight excluding hydrogens is 587 g/mol. The molecule has 0 radical (unpaired) electrons. The van der Waals surface area contributed by atoms with Crippen LogP contribution < -0.4 is 14.8 Å². The quantitative estimate of drug-likeness (QED) is 0.333. The Morgan fingerprint density at radius 1 is 1.19 bits per heavy atom. The molecule has 0 aliphatic heterocycles. The highest BCUT2D eigenvalue weighted by atomic mass is 127. The van der Waals surface area contributed by atoms with E-state index in [4.69, 9.17) is 14.6 Å². The number of aliphatic hydroxyl groups is 2.